The van der Waals surface area contributed by atoms with E-state index in [0.29, 0.717) is 18.4 Å². The van der Waals surface area contributed by atoms with Crippen molar-refractivity contribution in [1.29, 1.82) is 0 Å². The molecule has 0 saturated heterocycles. The summed E-state index contributed by atoms with van der Waals surface area (Å²) in [4.78, 5) is 26.6. The Balaban J connectivity index is 1.52. The molecule has 136 valence electrons. The first-order valence-corrected chi connectivity index (χ1v) is 8.14. The number of H-pyrrole nitrogens is 1. The van der Waals surface area contributed by atoms with Gasteiger partial charge >= 0.3 is 0 Å². The van der Waals surface area contributed by atoms with E-state index in [9.17, 15) is 13.6 Å². The molecule has 1 atom stereocenters. The molecule has 0 unspecified atom stereocenters. The van der Waals surface area contributed by atoms with Crippen molar-refractivity contribution in [3.05, 3.63) is 47.5 Å². The van der Waals surface area contributed by atoms with Crippen LogP contribution in [0.3, 0.4) is 0 Å². The maximum absolute atomic E-state index is 13.4. The zero-order chi connectivity index (χ0) is 18.7. The van der Waals surface area contributed by atoms with Crippen molar-refractivity contribution in [2.24, 2.45) is 0 Å². The fourth-order valence-corrected chi connectivity index (χ4v) is 2.58. The molecule has 0 spiro atoms. The number of rotatable bonds is 6. The summed E-state index contributed by atoms with van der Waals surface area (Å²) in [6.07, 6.45) is 4.63. The molecule has 4 N–H and O–H groups in total. The number of carbonyl (C=O) groups excluding carboxylic acids is 1. The number of aromatic amines is 1. The Hall–Kier alpha value is -3.10. The molecule has 26 heavy (non-hydrogen) atoms. The van der Waals surface area contributed by atoms with Crippen LogP contribution in [0.1, 0.15) is 35.9 Å². The van der Waals surface area contributed by atoms with Crippen LogP contribution < -0.4 is 11.1 Å². The van der Waals surface area contributed by atoms with Crippen molar-refractivity contribution < 1.29 is 13.6 Å². The zero-order valence-electron chi connectivity index (χ0n) is 14.1. The molecule has 9 heteroatoms. The Labute approximate surface area is 148 Å². The third-order valence-corrected chi connectivity index (χ3v) is 3.93. The van der Waals surface area contributed by atoms with Gasteiger partial charge in [0.1, 0.15) is 5.82 Å². The molecule has 3 rings (SSSR count). The van der Waals surface area contributed by atoms with E-state index in [1.165, 1.54) is 12.1 Å². The van der Waals surface area contributed by atoms with Gasteiger partial charge in [-0.1, -0.05) is 0 Å². The van der Waals surface area contributed by atoms with Gasteiger partial charge in [0.05, 0.1) is 11.7 Å². The standard InChI is InChI=1S/C17H18F2N6O/c1-9(3-2-4-10-5-12(19)14(20)21-7-10)23-17(26)16-24-13-6-11(18)8-22-15(13)25-16/h5-9H,2-4H2,1H3,(H2,20,21)(H,23,26)(H,22,24,25)/t9-/m0/s1. The molecule has 3 aromatic rings. The quantitative estimate of drug-likeness (QED) is 0.625. The third-order valence-electron chi connectivity index (χ3n) is 3.93. The molecule has 0 radical (unpaired) electrons. The van der Waals surface area contributed by atoms with Crippen molar-refractivity contribution in [2.75, 3.05) is 5.73 Å². The molecular formula is C17H18F2N6O. The van der Waals surface area contributed by atoms with Gasteiger partial charge in [-0.3, -0.25) is 4.79 Å². The minimum atomic E-state index is -0.529. The first kappa shape index (κ1) is 17.7. The van der Waals surface area contributed by atoms with Gasteiger partial charge < -0.3 is 16.0 Å². The van der Waals surface area contributed by atoms with Gasteiger partial charge in [0.25, 0.3) is 5.91 Å². The SMILES string of the molecule is C[C@@H](CCCc1cnc(N)c(F)c1)NC(=O)c1nc2ncc(F)cc2[nH]1. The van der Waals surface area contributed by atoms with E-state index in [4.69, 9.17) is 5.73 Å². The summed E-state index contributed by atoms with van der Waals surface area (Å²) >= 11 is 0. The van der Waals surface area contributed by atoms with Crippen molar-refractivity contribution >= 4 is 22.9 Å². The highest BCUT2D eigenvalue weighted by molar-refractivity contribution is 5.93. The third kappa shape index (κ3) is 4.11. The molecule has 0 aromatic carbocycles. The van der Waals surface area contributed by atoms with E-state index in [2.05, 4.69) is 25.3 Å². The lowest BCUT2D eigenvalue weighted by Gasteiger charge is -2.12. The number of amides is 1. The van der Waals surface area contributed by atoms with Crippen LogP contribution in [0.5, 0.6) is 0 Å². The van der Waals surface area contributed by atoms with Gasteiger partial charge in [-0.2, -0.15) is 0 Å². The number of halogens is 2. The highest BCUT2D eigenvalue weighted by Gasteiger charge is 2.15. The highest BCUT2D eigenvalue weighted by Crippen LogP contribution is 2.13. The molecule has 0 aliphatic carbocycles. The summed E-state index contributed by atoms with van der Waals surface area (Å²) in [6, 6.07) is 2.48. The Morgan fingerprint density at radius 1 is 1.31 bits per heavy atom. The minimum Gasteiger partial charge on any atom is -0.381 e. The summed E-state index contributed by atoms with van der Waals surface area (Å²) in [7, 11) is 0. The number of imidazole rings is 1. The predicted octanol–water partition coefficient (Wildman–Crippen LogP) is 2.35. The number of nitrogens with two attached hydrogens (primary N) is 1. The molecule has 3 aromatic heterocycles. The van der Waals surface area contributed by atoms with E-state index in [0.717, 1.165) is 18.2 Å². The van der Waals surface area contributed by atoms with Crippen molar-refractivity contribution in [1.82, 2.24) is 25.3 Å². The summed E-state index contributed by atoms with van der Waals surface area (Å²) < 4.78 is 26.5. The average Bonchev–Trinajstić information content (AvgIpc) is 3.01. The average molecular weight is 360 g/mol. The maximum Gasteiger partial charge on any atom is 0.287 e. The number of nitrogens with one attached hydrogen (secondary N) is 2. The predicted molar refractivity (Wildman–Crippen MR) is 92.3 cm³/mol. The van der Waals surface area contributed by atoms with Crippen LogP contribution >= 0.6 is 0 Å². The van der Waals surface area contributed by atoms with Crippen LogP contribution in [-0.4, -0.2) is 31.9 Å². The molecule has 0 bridgehead atoms. The van der Waals surface area contributed by atoms with E-state index in [1.807, 2.05) is 6.92 Å². The van der Waals surface area contributed by atoms with Gasteiger partial charge in [-0.25, -0.2) is 23.7 Å². The topological polar surface area (TPSA) is 110 Å². The van der Waals surface area contributed by atoms with Crippen LogP contribution in [0.4, 0.5) is 14.6 Å². The van der Waals surface area contributed by atoms with Crippen molar-refractivity contribution in [2.45, 2.75) is 32.2 Å². The summed E-state index contributed by atoms with van der Waals surface area (Å²) in [5, 5.41) is 2.81. The second-order valence-corrected chi connectivity index (χ2v) is 6.09. The van der Waals surface area contributed by atoms with Gasteiger partial charge in [0, 0.05) is 18.3 Å². The fourth-order valence-electron chi connectivity index (χ4n) is 2.58. The molecule has 7 nitrogen and oxygen atoms in total. The number of aromatic nitrogens is 4. The molecule has 0 saturated carbocycles. The van der Waals surface area contributed by atoms with E-state index < -0.39 is 17.5 Å². The Morgan fingerprint density at radius 3 is 2.88 bits per heavy atom. The highest BCUT2D eigenvalue weighted by atomic mass is 19.1. The van der Waals surface area contributed by atoms with Crippen LogP contribution in [-0.2, 0) is 6.42 Å². The minimum absolute atomic E-state index is 0.0785. The Kier molecular flexibility index (Phi) is 5.06. The first-order valence-electron chi connectivity index (χ1n) is 8.14. The van der Waals surface area contributed by atoms with Crippen LogP contribution in [0.2, 0.25) is 0 Å². The summed E-state index contributed by atoms with van der Waals surface area (Å²) in [5.41, 5.74) is 6.74. The normalized spacial score (nSPS) is 12.3. The lowest BCUT2D eigenvalue weighted by Crippen LogP contribution is -2.33. The molecule has 3 heterocycles. The van der Waals surface area contributed by atoms with Gasteiger partial charge in [-0.05, 0) is 37.8 Å². The molecular weight excluding hydrogens is 342 g/mol. The second-order valence-electron chi connectivity index (χ2n) is 6.09. The van der Waals surface area contributed by atoms with Crippen LogP contribution in [0.15, 0.2) is 24.5 Å². The molecule has 1 amide bonds. The van der Waals surface area contributed by atoms with Crippen molar-refractivity contribution in [3.8, 4) is 0 Å². The number of nitrogens with zero attached hydrogens (tertiary/aromatic N) is 3. The number of hydrogen-bond acceptors (Lipinski definition) is 5. The smallest absolute Gasteiger partial charge is 0.287 e. The summed E-state index contributed by atoms with van der Waals surface area (Å²) in [5.74, 6) is -1.46. The molecule has 0 fully saturated rings. The molecule has 0 aliphatic heterocycles. The number of nitrogen functional groups attached to an aromatic ring is 1. The van der Waals surface area contributed by atoms with E-state index in [1.54, 1.807) is 6.20 Å². The Morgan fingerprint density at radius 2 is 2.12 bits per heavy atom. The largest absolute Gasteiger partial charge is 0.381 e. The Bertz CT molecular complexity index is 942. The van der Waals surface area contributed by atoms with Crippen LogP contribution in [0, 0.1) is 11.6 Å². The van der Waals surface area contributed by atoms with Gasteiger partial charge in [0.15, 0.2) is 23.1 Å². The number of hydrogen-bond donors (Lipinski definition) is 3. The molecule has 0 aliphatic rings. The number of fused-ring (bicyclic) bond motifs is 1. The lowest BCUT2D eigenvalue weighted by molar-refractivity contribution is 0.0929. The number of anilines is 1. The van der Waals surface area contributed by atoms with E-state index >= 15 is 0 Å². The zero-order valence-corrected chi connectivity index (χ0v) is 14.1. The fraction of sp³-hybridized carbons (Fsp3) is 0.294. The summed E-state index contributed by atoms with van der Waals surface area (Å²) in [6.45, 7) is 1.86. The van der Waals surface area contributed by atoms with Gasteiger partial charge in [0.2, 0.25) is 0 Å². The maximum atomic E-state index is 13.4. The second kappa shape index (κ2) is 7.42. The monoisotopic (exact) mass is 360 g/mol. The number of carbonyl (C=O) groups is 1. The number of aryl methyl sites for hydroxylation is 1. The van der Waals surface area contributed by atoms with Crippen LogP contribution in [0.25, 0.3) is 11.2 Å². The van der Waals surface area contributed by atoms with Crippen molar-refractivity contribution in [3.63, 3.8) is 0 Å². The number of pyridine rings is 2. The lowest BCUT2D eigenvalue weighted by atomic mass is 10.1. The van der Waals surface area contributed by atoms with E-state index in [-0.39, 0.29) is 23.3 Å². The first-order chi connectivity index (χ1) is 12.4. The van der Waals surface area contributed by atoms with Gasteiger partial charge in [-0.15, -0.1) is 0 Å².